The average molecular weight is 410 g/mol. The lowest BCUT2D eigenvalue weighted by Crippen LogP contribution is -2.21. The zero-order valence-electron chi connectivity index (χ0n) is 15.3. The zero-order chi connectivity index (χ0) is 20.7. The van der Waals surface area contributed by atoms with E-state index in [2.05, 4.69) is 5.10 Å². The largest absolute Gasteiger partial charge is 0.493 e. The molecule has 1 aromatic heterocycles. The number of ether oxygens (including phenoxy) is 1. The molecule has 1 N–H and O–H groups in total. The van der Waals surface area contributed by atoms with E-state index in [0.29, 0.717) is 38.6 Å². The van der Waals surface area contributed by atoms with Gasteiger partial charge in [0.1, 0.15) is 0 Å². The Morgan fingerprint density at radius 1 is 1.28 bits per heavy atom. The Hall–Kier alpha value is -3.72. The molecule has 0 unspecified atom stereocenters. The van der Waals surface area contributed by atoms with E-state index in [1.165, 1.54) is 24.3 Å². The minimum absolute atomic E-state index is 0.0608. The molecule has 9 heteroatoms. The van der Waals surface area contributed by atoms with Gasteiger partial charge < -0.3 is 14.3 Å². The lowest BCUT2D eigenvalue weighted by Gasteiger charge is -2.12. The molecule has 0 saturated carbocycles. The number of rotatable bonds is 4. The van der Waals surface area contributed by atoms with E-state index in [-0.39, 0.29) is 11.5 Å². The second kappa shape index (κ2) is 7.02. The number of fused-ring (bicyclic) bond motifs is 1. The molecular weight excluding hydrogens is 396 g/mol. The first-order valence-electron chi connectivity index (χ1n) is 8.44. The van der Waals surface area contributed by atoms with Gasteiger partial charge in [0, 0.05) is 0 Å². The first kappa shape index (κ1) is 18.6. The van der Waals surface area contributed by atoms with Gasteiger partial charge in [-0.25, -0.2) is 9.59 Å². The predicted octanol–water partition coefficient (Wildman–Crippen LogP) is 3.37. The van der Waals surface area contributed by atoms with Gasteiger partial charge in [-0.15, -0.1) is 0 Å². The molecule has 1 aliphatic heterocycles. The monoisotopic (exact) mass is 410 g/mol. The van der Waals surface area contributed by atoms with Crippen LogP contribution in [-0.2, 0) is 4.79 Å². The topological polar surface area (TPSA) is 109 Å². The molecule has 8 nitrogen and oxygen atoms in total. The van der Waals surface area contributed by atoms with Crippen molar-refractivity contribution >= 4 is 51.0 Å². The summed E-state index contributed by atoms with van der Waals surface area (Å²) in [6.07, 6.45) is 1.65. The lowest BCUT2D eigenvalue weighted by atomic mass is 10.1. The SMILES string of the molecule is COc1cc(/C=C2/C(=O)N(c3cccc(C(=O)O)c3)N=C2C)cc2sc(=O)oc12. The van der Waals surface area contributed by atoms with Crippen LogP contribution in [0.1, 0.15) is 22.8 Å². The van der Waals surface area contributed by atoms with Crippen molar-refractivity contribution in [3.05, 3.63) is 62.8 Å². The number of carboxylic acid groups (broad SMARTS) is 1. The Morgan fingerprint density at radius 3 is 2.79 bits per heavy atom. The van der Waals surface area contributed by atoms with Crippen molar-refractivity contribution in [3.63, 3.8) is 0 Å². The van der Waals surface area contributed by atoms with E-state index in [1.54, 1.807) is 37.3 Å². The van der Waals surface area contributed by atoms with Crippen LogP contribution in [0.5, 0.6) is 5.75 Å². The molecule has 0 saturated heterocycles. The van der Waals surface area contributed by atoms with Crippen LogP contribution < -0.4 is 14.7 Å². The van der Waals surface area contributed by atoms with Crippen LogP contribution >= 0.6 is 11.3 Å². The Kier molecular flexibility index (Phi) is 4.51. The molecule has 0 spiro atoms. The molecule has 29 heavy (non-hydrogen) atoms. The predicted molar refractivity (Wildman–Crippen MR) is 109 cm³/mol. The van der Waals surface area contributed by atoms with Gasteiger partial charge in [0.2, 0.25) is 0 Å². The number of aromatic carboxylic acids is 1. The summed E-state index contributed by atoms with van der Waals surface area (Å²) in [7, 11) is 1.47. The van der Waals surface area contributed by atoms with Gasteiger partial charge in [0.15, 0.2) is 11.3 Å². The summed E-state index contributed by atoms with van der Waals surface area (Å²) in [6, 6.07) is 9.39. The van der Waals surface area contributed by atoms with Gasteiger partial charge in [-0.05, 0) is 48.9 Å². The minimum Gasteiger partial charge on any atom is -0.493 e. The second-order valence-electron chi connectivity index (χ2n) is 6.22. The van der Waals surface area contributed by atoms with E-state index in [1.807, 2.05) is 0 Å². The summed E-state index contributed by atoms with van der Waals surface area (Å²) >= 11 is 0.944. The molecule has 3 aromatic rings. The summed E-state index contributed by atoms with van der Waals surface area (Å²) in [5, 5.41) is 14.6. The zero-order valence-corrected chi connectivity index (χ0v) is 16.1. The third kappa shape index (κ3) is 3.32. The fourth-order valence-corrected chi connectivity index (χ4v) is 3.73. The first-order valence-corrected chi connectivity index (χ1v) is 9.26. The number of carboxylic acids is 1. The van der Waals surface area contributed by atoms with E-state index >= 15 is 0 Å². The van der Waals surface area contributed by atoms with Crippen molar-refractivity contribution in [2.75, 3.05) is 12.1 Å². The molecule has 0 radical (unpaired) electrons. The first-order chi connectivity index (χ1) is 13.9. The Morgan fingerprint density at radius 2 is 2.07 bits per heavy atom. The second-order valence-corrected chi connectivity index (χ2v) is 7.20. The maximum atomic E-state index is 12.9. The molecule has 1 aliphatic rings. The van der Waals surface area contributed by atoms with Crippen LogP contribution in [0.2, 0.25) is 0 Å². The highest BCUT2D eigenvalue weighted by atomic mass is 32.1. The van der Waals surface area contributed by atoms with E-state index in [0.717, 1.165) is 11.3 Å². The molecule has 1 amide bonds. The number of hydrogen-bond acceptors (Lipinski definition) is 7. The lowest BCUT2D eigenvalue weighted by molar-refractivity contribution is -0.114. The number of amides is 1. The third-order valence-corrected chi connectivity index (χ3v) is 5.13. The van der Waals surface area contributed by atoms with Crippen molar-refractivity contribution in [1.29, 1.82) is 0 Å². The van der Waals surface area contributed by atoms with Crippen LogP contribution in [0.25, 0.3) is 16.4 Å². The minimum atomic E-state index is -1.09. The Bertz CT molecular complexity index is 1280. The molecule has 4 rings (SSSR count). The number of nitrogens with zero attached hydrogens (tertiary/aromatic N) is 2. The van der Waals surface area contributed by atoms with Crippen LogP contribution in [0.4, 0.5) is 5.69 Å². The molecule has 2 aromatic carbocycles. The number of anilines is 1. The molecule has 0 aliphatic carbocycles. The van der Waals surface area contributed by atoms with Gasteiger partial charge in [-0.1, -0.05) is 17.4 Å². The van der Waals surface area contributed by atoms with Crippen LogP contribution in [-0.4, -0.2) is 29.8 Å². The van der Waals surface area contributed by atoms with Crippen molar-refractivity contribution in [2.45, 2.75) is 6.92 Å². The highest BCUT2D eigenvalue weighted by Crippen LogP contribution is 2.31. The van der Waals surface area contributed by atoms with Gasteiger partial charge >= 0.3 is 10.9 Å². The Labute approximate surface area is 167 Å². The number of carbonyl (C=O) groups excluding carboxylic acids is 1. The van der Waals surface area contributed by atoms with Gasteiger partial charge in [0.05, 0.1) is 34.3 Å². The fourth-order valence-electron chi connectivity index (χ4n) is 3.00. The number of hydrogen-bond donors (Lipinski definition) is 1. The number of methoxy groups -OCH3 is 1. The summed E-state index contributed by atoms with van der Waals surface area (Å²) < 4.78 is 11.0. The van der Waals surface area contributed by atoms with E-state index in [9.17, 15) is 14.4 Å². The molecule has 2 heterocycles. The highest BCUT2D eigenvalue weighted by molar-refractivity contribution is 7.16. The van der Waals surface area contributed by atoms with E-state index < -0.39 is 10.9 Å². The fraction of sp³-hybridized carbons (Fsp3) is 0.100. The maximum absolute atomic E-state index is 12.9. The van der Waals surface area contributed by atoms with Gasteiger partial charge in [-0.2, -0.15) is 10.1 Å². The number of benzene rings is 2. The quantitative estimate of drug-likeness (QED) is 0.661. The van der Waals surface area contributed by atoms with Gasteiger partial charge in [0.25, 0.3) is 5.91 Å². The highest BCUT2D eigenvalue weighted by Gasteiger charge is 2.29. The normalized spacial score (nSPS) is 15.2. The van der Waals surface area contributed by atoms with E-state index in [4.69, 9.17) is 14.3 Å². The summed E-state index contributed by atoms with van der Waals surface area (Å²) in [6.45, 7) is 1.69. The molecule has 0 fully saturated rings. The van der Waals surface area contributed by atoms with Gasteiger partial charge in [-0.3, -0.25) is 4.79 Å². The van der Waals surface area contributed by atoms with Crippen molar-refractivity contribution in [1.82, 2.24) is 0 Å². The molecule has 146 valence electrons. The van der Waals surface area contributed by atoms with Crippen LogP contribution in [0.3, 0.4) is 0 Å². The number of hydrazone groups is 1. The van der Waals surface area contributed by atoms with Crippen molar-refractivity contribution in [2.24, 2.45) is 5.10 Å². The van der Waals surface area contributed by atoms with Crippen molar-refractivity contribution < 1.29 is 23.8 Å². The Balaban J connectivity index is 1.74. The smallest absolute Gasteiger partial charge is 0.396 e. The summed E-state index contributed by atoms with van der Waals surface area (Å²) in [4.78, 5) is 35.2. The summed E-state index contributed by atoms with van der Waals surface area (Å²) in [5.74, 6) is -1.09. The average Bonchev–Trinajstić information content (AvgIpc) is 3.21. The molecule has 0 atom stereocenters. The van der Waals surface area contributed by atoms with Crippen molar-refractivity contribution in [3.8, 4) is 5.75 Å². The standard InChI is InChI=1S/C20H14N2O6S/c1-10-14(6-11-7-15(27-2)17-16(8-11)29-20(26)28-17)18(23)22(21-10)13-5-3-4-12(9-13)19(24)25/h3-9H,1-2H3,(H,24,25)/b14-6+. The third-order valence-electron chi connectivity index (χ3n) is 4.35. The molecule has 0 bridgehead atoms. The van der Waals surface area contributed by atoms with Crippen LogP contribution in [0.15, 0.2) is 56.3 Å². The summed E-state index contributed by atoms with van der Waals surface area (Å²) in [5.41, 5.74) is 2.26. The van der Waals surface area contributed by atoms with Crippen LogP contribution in [0, 0.1) is 0 Å². The number of carbonyl (C=O) groups is 2. The molecular formula is C20H14N2O6S. The maximum Gasteiger partial charge on any atom is 0.396 e.